The monoisotopic (exact) mass is 274 g/mol. The molecule has 0 radical (unpaired) electrons. The number of hydrogen-bond donors (Lipinski definition) is 2. The highest BCUT2D eigenvalue weighted by Crippen LogP contribution is 2.22. The summed E-state index contributed by atoms with van der Waals surface area (Å²) in [4.78, 5) is 37.8. The Labute approximate surface area is 115 Å². The van der Waals surface area contributed by atoms with Crippen molar-refractivity contribution in [3.63, 3.8) is 0 Å². The van der Waals surface area contributed by atoms with Crippen molar-refractivity contribution in [1.29, 1.82) is 0 Å². The minimum atomic E-state index is -0.685. The van der Waals surface area contributed by atoms with Crippen LogP contribution in [-0.2, 0) is 9.59 Å². The lowest BCUT2D eigenvalue weighted by molar-refractivity contribution is -0.134. The van der Waals surface area contributed by atoms with Crippen LogP contribution in [0.2, 0.25) is 0 Å². The number of urea groups is 1. The van der Waals surface area contributed by atoms with Gasteiger partial charge in [-0.2, -0.15) is 0 Å². The number of nitrogens with one attached hydrogen (secondary N) is 1. The number of amides is 4. The lowest BCUT2D eigenvalue weighted by atomic mass is 10.0. The first-order valence-corrected chi connectivity index (χ1v) is 5.85. The van der Waals surface area contributed by atoms with Crippen LogP contribution in [0.15, 0.2) is 35.9 Å². The van der Waals surface area contributed by atoms with E-state index in [0.29, 0.717) is 5.56 Å². The number of barbiturate groups is 1. The summed E-state index contributed by atoms with van der Waals surface area (Å²) in [6.07, 6.45) is 0. The number of hydrogen-bond acceptors (Lipinski definition) is 5. The smallest absolute Gasteiger partial charge is 0.323 e. The summed E-state index contributed by atoms with van der Waals surface area (Å²) >= 11 is 0. The van der Waals surface area contributed by atoms with Crippen molar-refractivity contribution in [2.75, 3.05) is 14.1 Å². The number of carbonyl (C=O) groups excluding carboxylic acids is 3. The van der Waals surface area contributed by atoms with Gasteiger partial charge in [0.25, 0.3) is 11.8 Å². The van der Waals surface area contributed by atoms with Crippen molar-refractivity contribution < 1.29 is 14.4 Å². The molecular weight excluding hydrogens is 260 g/mol. The van der Waals surface area contributed by atoms with E-state index in [4.69, 9.17) is 5.84 Å². The molecule has 1 aliphatic rings. The van der Waals surface area contributed by atoms with Crippen molar-refractivity contribution in [2.45, 2.75) is 0 Å². The van der Waals surface area contributed by atoms with Gasteiger partial charge in [0.2, 0.25) is 0 Å². The van der Waals surface area contributed by atoms with E-state index in [0.717, 1.165) is 9.80 Å². The Bertz CT molecular complexity index is 583. The average Bonchev–Trinajstić information content (AvgIpc) is 2.48. The summed E-state index contributed by atoms with van der Waals surface area (Å²) < 4.78 is 0. The van der Waals surface area contributed by atoms with Crippen molar-refractivity contribution in [3.8, 4) is 0 Å². The van der Waals surface area contributed by atoms with Crippen LogP contribution < -0.4 is 11.3 Å². The fourth-order valence-electron chi connectivity index (χ4n) is 1.94. The topological polar surface area (TPSA) is 95.7 Å². The molecule has 0 atom stereocenters. The second-order valence-electron chi connectivity index (χ2n) is 4.27. The van der Waals surface area contributed by atoms with Gasteiger partial charge in [-0.25, -0.2) is 4.79 Å². The van der Waals surface area contributed by atoms with Crippen LogP contribution in [0.4, 0.5) is 4.79 Å². The molecule has 1 heterocycles. The molecule has 1 saturated heterocycles. The van der Waals surface area contributed by atoms with Gasteiger partial charge in [0.05, 0.1) is 5.70 Å². The first-order chi connectivity index (χ1) is 9.49. The first kappa shape index (κ1) is 13.8. The number of carbonyl (C=O) groups is 3. The molecule has 1 aromatic carbocycles. The van der Waals surface area contributed by atoms with Crippen molar-refractivity contribution in [2.24, 2.45) is 5.84 Å². The zero-order valence-electron chi connectivity index (χ0n) is 11.1. The zero-order chi connectivity index (χ0) is 14.9. The van der Waals surface area contributed by atoms with E-state index in [1.165, 1.54) is 14.1 Å². The van der Waals surface area contributed by atoms with Gasteiger partial charge in [0.1, 0.15) is 5.57 Å². The van der Waals surface area contributed by atoms with Gasteiger partial charge in [-0.15, -0.1) is 0 Å². The molecule has 0 saturated carbocycles. The van der Waals surface area contributed by atoms with Crippen LogP contribution in [0, 0.1) is 0 Å². The van der Waals surface area contributed by atoms with E-state index in [2.05, 4.69) is 5.43 Å². The second-order valence-corrected chi connectivity index (χ2v) is 4.27. The predicted octanol–water partition coefficient (Wildman–Crippen LogP) is -0.0886. The molecule has 1 aliphatic heterocycles. The molecule has 4 amide bonds. The maximum Gasteiger partial charge on any atom is 0.333 e. The van der Waals surface area contributed by atoms with Crippen molar-refractivity contribution in [1.82, 2.24) is 15.2 Å². The minimum Gasteiger partial charge on any atom is -0.323 e. The van der Waals surface area contributed by atoms with Crippen LogP contribution in [0.3, 0.4) is 0 Å². The lowest BCUT2D eigenvalue weighted by Crippen LogP contribution is -2.54. The zero-order valence-corrected chi connectivity index (χ0v) is 11.1. The standard InChI is InChI=1S/C13H14N4O3/c1-16-11(18)9(12(19)17(2)13(16)20)10(15-14)8-6-4-3-5-7-8/h3-7,15H,14H2,1-2H3. The number of imide groups is 2. The van der Waals surface area contributed by atoms with E-state index in [1.807, 2.05) is 0 Å². The number of hydrazine groups is 1. The van der Waals surface area contributed by atoms with E-state index in [-0.39, 0.29) is 11.3 Å². The maximum absolute atomic E-state index is 12.2. The highest BCUT2D eigenvalue weighted by Gasteiger charge is 2.40. The lowest BCUT2D eigenvalue weighted by Gasteiger charge is -2.30. The van der Waals surface area contributed by atoms with Crippen LogP contribution in [0.25, 0.3) is 5.70 Å². The summed E-state index contributed by atoms with van der Waals surface area (Å²) in [5, 5.41) is 0. The summed E-state index contributed by atoms with van der Waals surface area (Å²) in [5.74, 6) is 4.08. The number of likely N-dealkylation sites (N-methyl/N-ethyl adjacent to an activating group) is 2. The number of rotatable bonds is 2. The average molecular weight is 274 g/mol. The second kappa shape index (κ2) is 5.14. The molecule has 0 unspecified atom stereocenters. The Morgan fingerprint density at radius 1 is 1.00 bits per heavy atom. The van der Waals surface area contributed by atoms with Gasteiger partial charge < -0.3 is 5.43 Å². The molecule has 20 heavy (non-hydrogen) atoms. The Morgan fingerprint density at radius 2 is 1.50 bits per heavy atom. The van der Waals surface area contributed by atoms with Gasteiger partial charge in [0, 0.05) is 14.1 Å². The largest absolute Gasteiger partial charge is 0.333 e. The third-order valence-corrected chi connectivity index (χ3v) is 3.07. The molecule has 7 heteroatoms. The molecule has 0 aliphatic carbocycles. The Kier molecular flexibility index (Phi) is 3.53. The number of nitrogens with two attached hydrogens (primary N) is 1. The van der Waals surface area contributed by atoms with Gasteiger partial charge in [-0.05, 0) is 5.56 Å². The van der Waals surface area contributed by atoms with E-state index in [9.17, 15) is 14.4 Å². The first-order valence-electron chi connectivity index (χ1n) is 5.85. The summed E-state index contributed by atoms with van der Waals surface area (Å²) in [6, 6.07) is 8.05. The Hall–Kier alpha value is -2.67. The quantitative estimate of drug-likeness (QED) is 0.340. The summed E-state index contributed by atoms with van der Waals surface area (Å²) in [6.45, 7) is 0. The van der Waals surface area contributed by atoms with Crippen LogP contribution in [0.1, 0.15) is 5.56 Å². The molecule has 0 spiro atoms. The van der Waals surface area contributed by atoms with E-state index in [1.54, 1.807) is 30.3 Å². The molecular formula is C13H14N4O3. The van der Waals surface area contributed by atoms with E-state index < -0.39 is 17.8 Å². The maximum atomic E-state index is 12.2. The molecule has 7 nitrogen and oxygen atoms in total. The Balaban J connectivity index is 2.62. The molecule has 1 fully saturated rings. The number of benzene rings is 1. The SMILES string of the molecule is CN1C(=O)C(=C(NN)c2ccccc2)C(=O)N(C)C1=O. The fourth-order valence-corrected chi connectivity index (χ4v) is 1.94. The van der Waals surface area contributed by atoms with Crippen molar-refractivity contribution >= 4 is 23.5 Å². The third kappa shape index (κ3) is 2.04. The molecule has 0 aromatic heterocycles. The molecule has 104 valence electrons. The molecule has 1 aromatic rings. The highest BCUT2D eigenvalue weighted by atomic mass is 16.2. The third-order valence-electron chi connectivity index (χ3n) is 3.07. The molecule has 3 N–H and O–H groups in total. The molecule has 2 rings (SSSR count). The minimum absolute atomic E-state index is 0.164. The summed E-state index contributed by atoms with van der Waals surface area (Å²) in [5.41, 5.74) is 2.99. The van der Waals surface area contributed by atoms with Crippen LogP contribution in [0.5, 0.6) is 0 Å². The normalized spacial score (nSPS) is 15.8. The van der Waals surface area contributed by atoms with Crippen molar-refractivity contribution in [3.05, 3.63) is 41.5 Å². The van der Waals surface area contributed by atoms with Gasteiger partial charge in [-0.1, -0.05) is 30.3 Å². The van der Waals surface area contributed by atoms with Crippen LogP contribution >= 0.6 is 0 Å². The number of nitrogens with zero attached hydrogens (tertiary/aromatic N) is 2. The Morgan fingerprint density at radius 3 is 1.95 bits per heavy atom. The predicted molar refractivity (Wildman–Crippen MR) is 71.6 cm³/mol. The van der Waals surface area contributed by atoms with Crippen LogP contribution in [-0.4, -0.2) is 41.7 Å². The fraction of sp³-hybridized carbons (Fsp3) is 0.154. The molecule has 0 bridgehead atoms. The van der Waals surface area contributed by atoms with Gasteiger partial charge in [0.15, 0.2) is 0 Å². The van der Waals surface area contributed by atoms with E-state index >= 15 is 0 Å². The van der Waals surface area contributed by atoms with Gasteiger partial charge >= 0.3 is 6.03 Å². The van der Waals surface area contributed by atoms with Gasteiger partial charge in [-0.3, -0.25) is 25.2 Å². The highest BCUT2D eigenvalue weighted by molar-refractivity contribution is 6.31. The summed E-state index contributed by atoms with van der Waals surface area (Å²) in [7, 11) is 2.62.